The molecule has 0 spiro atoms. The molecule has 1 rings (SSSR count). The average molecular weight is 250 g/mol. The van der Waals surface area contributed by atoms with Crippen LogP contribution in [0, 0.1) is 5.92 Å². The van der Waals surface area contributed by atoms with Crippen LogP contribution in [0.3, 0.4) is 0 Å². The second-order valence-corrected chi connectivity index (χ2v) is 4.66. The summed E-state index contributed by atoms with van der Waals surface area (Å²) in [6.07, 6.45) is 3.54. The van der Waals surface area contributed by atoms with Crippen molar-refractivity contribution in [1.82, 2.24) is 9.47 Å². The van der Waals surface area contributed by atoms with Crippen molar-refractivity contribution < 1.29 is 9.59 Å². The van der Waals surface area contributed by atoms with Crippen LogP contribution >= 0.6 is 0 Å². The highest BCUT2D eigenvalue weighted by molar-refractivity contribution is 5.97. The van der Waals surface area contributed by atoms with Crippen molar-refractivity contribution >= 4 is 11.7 Å². The van der Waals surface area contributed by atoms with Gasteiger partial charge in [-0.25, -0.2) is 0 Å². The molecule has 0 aromatic carbocycles. The highest BCUT2D eigenvalue weighted by Crippen LogP contribution is 2.09. The van der Waals surface area contributed by atoms with Crippen LogP contribution in [0.4, 0.5) is 0 Å². The van der Waals surface area contributed by atoms with E-state index in [1.807, 2.05) is 27.7 Å². The fraction of sp³-hybridized carbons (Fsp3) is 0.571. The van der Waals surface area contributed by atoms with Gasteiger partial charge in [0.2, 0.25) is 5.91 Å². The maximum atomic E-state index is 11.9. The number of carbonyl (C=O) groups excluding carboxylic acids is 2. The molecule has 0 aliphatic carbocycles. The molecule has 0 radical (unpaired) electrons. The molecule has 1 heterocycles. The summed E-state index contributed by atoms with van der Waals surface area (Å²) in [5, 5.41) is 0. The first kappa shape index (κ1) is 14.5. The van der Waals surface area contributed by atoms with Crippen molar-refractivity contribution in [2.24, 2.45) is 5.92 Å². The highest BCUT2D eigenvalue weighted by atomic mass is 16.2. The monoisotopic (exact) mass is 250 g/mol. The third-order valence-electron chi connectivity index (χ3n) is 2.99. The summed E-state index contributed by atoms with van der Waals surface area (Å²) in [4.78, 5) is 25.5. The maximum absolute atomic E-state index is 11.9. The van der Waals surface area contributed by atoms with E-state index in [1.54, 1.807) is 27.9 Å². The van der Waals surface area contributed by atoms with Crippen LogP contribution in [0.15, 0.2) is 18.5 Å². The Kier molecular flexibility index (Phi) is 5.13. The maximum Gasteiger partial charge on any atom is 0.242 e. The smallest absolute Gasteiger partial charge is 0.242 e. The first-order valence-corrected chi connectivity index (χ1v) is 6.47. The Morgan fingerprint density at radius 3 is 2.39 bits per heavy atom. The predicted octanol–water partition coefficient (Wildman–Crippen LogP) is 2.20. The number of nitrogens with zero attached hydrogens (tertiary/aromatic N) is 2. The molecular weight excluding hydrogens is 228 g/mol. The van der Waals surface area contributed by atoms with Crippen LogP contribution in [-0.4, -0.2) is 34.2 Å². The summed E-state index contributed by atoms with van der Waals surface area (Å²) in [6, 6.07) is 1.78. The van der Waals surface area contributed by atoms with Crippen molar-refractivity contribution in [3.8, 4) is 0 Å². The molecule has 0 saturated heterocycles. The zero-order chi connectivity index (χ0) is 13.7. The summed E-state index contributed by atoms with van der Waals surface area (Å²) < 4.78 is 1.77. The number of ketones is 1. The van der Waals surface area contributed by atoms with Gasteiger partial charge in [-0.05, 0) is 19.9 Å². The molecule has 0 bridgehead atoms. The lowest BCUT2D eigenvalue weighted by Gasteiger charge is -2.18. The Labute approximate surface area is 109 Å². The normalized spacial score (nSPS) is 10.7. The lowest BCUT2D eigenvalue weighted by molar-refractivity contribution is -0.131. The molecule has 0 fully saturated rings. The van der Waals surface area contributed by atoms with Crippen LogP contribution < -0.4 is 0 Å². The Morgan fingerprint density at radius 2 is 1.89 bits per heavy atom. The molecule has 4 heteroatoms. The van der Waals surface area contributed by atoms with E-state index >= 15 is 0 Å². The first-order valence-electron chi connectivity index (χ1n) is 6.47. The molecule has 1 aromatic rings. The van der Waals surface area contributed by atoms with Gasteiger partial charge in [0.05, 0.1) is 0 Å². The predicted molar refractivity (Wildman–Crippen MR) is 71.5 cm³/mol. The number of Topliss-reactive ketones (excluding diaryl/α,β-unsaturated/α-hetero) is 1. The van der Waals surface area contributed by atoms with Crippen molar-refractivity contribution in [3.05, 3.63) is 24.0 Å². The topological polar surface area (TPSA) is 42.3 Å². The Hall–Kier alpha value is -1.58. The summed E-state index contributed by atoms with van der Waals surface area (Å²) in [5.41, 5.74) is 0.678. The molecule has 18 heavy (non-hydrogen) atoms. The van der Waals surface area contributed by atoms with Gasteiger partial charge in [-0.15, -0.1) is 0 Å². The number of rotatable bonds is 6. The van der Waals surface area contributed by atoms with E-state index in [9.17, 15) is 9.59 Å². The summed E-state index contributed by atoms with van der Waals surface area (Å²) in [7, 11) is 0. The molecule has 0 unspecified atom stereocenters. The van der Waals surface area contributed by atoms with Crippen LogP contribution in [0.5, 0.6) is 0 Å². The lowest BCUT2D eigenvalue weighted by atomic mass is 10.0. The molecule has 1 amide bonds. The van der Waals surface area contributed by atoms with E-state index in [0.29, 0.717) is 25.2 Å². The van der Waals surface area contributed by atoms with Gasteiger partial charge in [0, 0.05) is 37.0 Å². The second-order valence-electron chi connectivity index (χ2n) is 4.66. The lowest BCUT2D eigenvalue weighted by Crippen LogP contribution is -2.33. The van der Waals surface area contributed by atoms with E-state index in [2.05, 4.69) is 0 Å². The number of hydrogen-bond acceptors (Lipinski definition) is 2. The minimum Gasteiger partial charge on any atom is -0.344 e. The minimum atomic E-state index is -0.0145. The zero-order valence-electron chi connectivity index (χ0n) is 11.6. The first-order chi connectivity index (χ1) is 8.49. The van der Waals surface area contributed by atoms with Crippen LogP contribution in [0.2, 0.25) is 0 Å². The van der Waals surface area contributed by atoms with E-state index in [0.717, 1.165) is 0 Å². The number of carbonyl (C=O) groups is 2. The highest BCUT2D eigenvalue weighted by Gasteiger charge is 2.14. The molecule has 0 atom stereocenters. The van der Waals surface area contributed by atoms with Gasteiger partial charge in [0.25, 0.3) is 0 Å². The largest absolute Gasteiger partial charge is 0.344 e. The van der Waals surface area contributed by atoms with Crippen molar-refractivity contribution in [2.75, 3.05) is 13.1 Å². The van der Waals surface area contributed by atoms with Crippen molar-refractivity contribution in [2.45, 2.75) is 34.2 Å². The summed E-state index contributed by atoms with van der Waals surface area (Å²) in [6.45, 7) is 9.41. The fourth-order valence-electron chi connectivity index (χ4n) is 1.85. The van der Waals surface area contributed by atoms with Crippen LogP contribution in [-0.2, 0) is 11.3 Å². The van der Waals surface area contributed by atoms with E-state index in [4.69, 9.17) is 0 Å². The SMILES string of the molecule is CCN(CC)C(=O)Cn1ccc(C(=O)C(C)C)c1. The van der Waals surface area contributed by atoms with Gasteiger partial charge in [0.15, 0.2) is 5.78 Å². The third-order valence-corrected chi connectivity index (χ3v) is 2.99. The average Bonchev–Trinajstić information content (AvgIpc) is 2.77. The Bertz CT molecular complexity index is 417. The number of amides is 1. The van der Waals surface area contributed by atoms with E-state index in [1.165, 1.54) is 0 Å². The van der Waals surface area contributed by atoms with Gasteiger partial charge in [-0.1, -0.05) is 13.8 Å². The van der Waals surface area contributed by atoms with Crippen molar-refractivity contribution in [3.63, 3.8) is 0 Å². The Morgan fingerprint density at radius 1 is 1.28 bits per heavy atom. The van der Waals surface area contributed by atoms with Gasteiger partial charge >= 0.3 is 0 Å². The standard InChI is InChI=1S/C14H22N2O2/c1-5-16(6-2)13(17)10-15-8-7-12(9-15)14(18)11(3)4/h7-9,11H,5-6,10H2,1-4H3. The molecule has 100 valence electrons. The Balaban J connectivity index is 2.70. The van der Waals surface area contributed by atoms with E-state index < -0.39 is 0 Å². The molecule has 0 aliphatic rings. The van der Waals surface area contributed by atoms with E-state index in [-0.39, 0.29) is 17.6 Å². The molecule has 1 aromatic heterocycles. The van der Waals surface area contributed by atoms with Gasteiger partial charge < -0.3 is 9.47 Å². The van der Waals surface area contributed by atoms with Crippen LogP contribution in [0.1, 0.15) is 38.1 Å². The van der Waals surface area contributed by atoms with Gasteiger partial charge in [-0.3, -0.25) is 9.59 Å². The van der Waals surface area contributed by atoms with Gasteiger partial charge in [0.1, 0.15) is 6.54 Å². The number of hydrogen-bond donors (Lipinski definition) is 0. The molecular formula is C14H22N2O2. The summed E-state index contributed by atoms with van der Waals surface area (Å²) in [5.74, 6) is 0.183. The summed E-state index contributed by atoms with van der Waals surface area (Å²) >= 11 is 0. The second kappa shape index (κ2) is 6.38. The minimum absolute atomic E-state index is 0.0145. The van der Waals surface area contributed by atoms with Crippen molar-refractivity contribution in [1.29, 1.82) is 0 Å². The molecule has 0 N–H and O–H groups in total. The molecule has 0 aliphatic heterocycles. The molecule has 0 saturated carbocycles. The third kappa shape index (κ3) is 3.45. The van der Waals surface area contributed by atoms with Crippen LogP contribution in [0.25, 0.3) is 0 Å². The quantitative estimate of drug-likeness (QED) is 0.726. The number of likely N-dealkylation sites (N-methyl/N-ethyl adjacent to an activating group) is 1. The fourth-order valence-corrected chi connectivity index (χ4v) is 1.85. The zero-order valence-corrected chi connectivity index (χ0v) is 11.6. The van der Waals surface area contributed by atoms with Gasteiger partial charge in [-0.2, -0.15) is 0 Å². The number of aromatic nitrogens is 1. The molecule has 4 nitrogen and oxygen atoms in total.